The van der Waals surface area contributed by atoms with E-state index in [1.165, 1.54) is 0 Å². The minimum atomic E-state index is -3.48. The highest BCUT2D eigenvalue weighted by atomic mass is 32.2. The van der Waals surface area contributed by atoms with Gasteiger partial charge in [0, 0.05) is 24.6 Å². The number of anilines is 1. The molecule has 2 amide bonds. The number of carbonyl (C=O) groups excluding carboxylic acids is 2. The van der Waals surface area contributed by atoms with E-state index < -0.39 is 9.84 Å². The Hall–Kier alpha value is -2.67. The monoisotopic (exact) mass is 402 g/mol. The summed E-state index contributed by atoms with van der Waals surface area (Å²) in [4.78, 5) is 23.9. The van der Waals surface area contributed by atoms with Crippen molar-refractivity contribution in [2.75, 3.05) is 11.1 Å². The van der Waals surface area contributed by atoms with E-state index in [4.69, 9.17) is 0 Å². The van der Waals surface area contributed by atoms with Crippen LogP contribution in [0.1, 0.15) is 31.4 Å². The van der Waals surface area contributed by atoms with Gasteiger partial charge in [-0.15, -0.1) is 0 Å². The highest BCUT2D eigenvalue weighted by Crippen LogP contribution is 2.13. The molecule has 150 valence electrons. The largest absolute Gasteiger partial charge is 0.352 e. The van der Waals surface area contributed by atoms with Crippen LogP contribution >= 0.6 is 0 Å². The summed E-state index contributed by atoms with van der Waals surface area (Å²) in [6.07, 6.45) is -0.0985. The molecule has 28 heavy (non-hydrogen) atoms. The molecule has 0 unspecified atom stereocenters. The molecule has 2 N–H and O–H groups in total. The molecular formula is C21H26N2O4S. The molecular weight excluding hydrogens is 376 g/mol. The maximum atomic E-state index is 12.3. The van der Waals surface area contributed by atoms with Crippen molar-refractivity contribution >= 4 is 27.3 Å². The molecule has 0 bridgehead atoms. The van der Waals surface area contributed by atoms with Gasteiger partial charge in [-0.3, -0.25) is 9.59 Å². The first-order valence-electron chi connectivity index (χ1n) is 9.13. The van der Waals surface area contributed by atoms with E-state index in [0.717, 1.165) is 11.1 Å². The summed E-state index contributed by atoms with van der Waals surface area (Å²) >= 11 is 0. The van der Waals surface area contributed by atoms with Crippen LogP contribution in [0.25, 0.3) is 0 Å². The van der Waals surface area contributed by atoms with Gasteiger partial charge in [0.15, 0.2) is 9.84 Å². The van der Waals surface area contributed by atoms with Crippen molar-refractivity contribution in [2.24, 2.45) is 5.92 Å². The molecule has 0 spiro atoms. The molecule has 0 aliphatic rings. The van der Waals surface area contributed by atoms with Gasteiger partial charge in [-0.2, -0.15) is 0 Å². The second kappa shape index (κ2) is 9.50. The van der Waals surface area contributed by atoms with Gasteiger partial charge in [-0.05, 0) is 36.8 Å². The number of hydrogen-bond acceptors (Lipinski definition) is 4. The van der Waals surface area contributed by atoms with Crippen molar-refractivity contribution in [3.05, 3.63) is 59.7 Å². The Labute approximate surface area is 166 Å². The Morgan fingerprint density at radius 3 is 2.14 bits per heavy atom. The van der Waals surface area contributed by atoms with E-state index in [1.54, 1.807) is 48.5 Å². The highest BCUT2D eigenvalue weighted by Gasteiger charge is 2.16. The normalized spacial score (nSPS) is 11.3. The van der Waals surface area contributed by atoms with E-state index >= 15 is 0 Å². The fourth-order valence-corrected chi connectivity index (χ4v) is 3.61. The fraction of sp³-hybridized carbons (Fsp3) is 0.333. The summed E-state index contributed by atoms with van der Waals surface area (Å²) < 4.78 is 24.6. The third kappa shape index (κ3) is 6.49. The predicted molar refractivity (Wildman–Crippen MR) is 110 cm³/mol. The van der Waals surface area contributed by atoms with E-state index in [-0.39, 0.29) is 34.8 Å². The van der Waals surface area contributed by atoms with E-state index in [2.05, 4.69) is 10.6 Å². The van der Waals surface area contributed by atoms with Crippen molar-refractivity contribution in [3.8, 4) is 0 Å². The molecule has 0 radical (unpaired) electrons. The summed E-state index contributed by atoms with van der Waals surface area (Å²) in [6, 6.07) is 13.7. The maximum Gasteiger partial charge on any atom is 0.226 e. The fourth-order valence-electron chi connectivity index (χ4n) is 2.37. The highest BCUT2D eigenvalue weighted by molar-refractivity contribution is 7.91. The number of nitrogens with one attached hydrogen (secondary N) is 2. The molecule has 2 aromatic rings. The zero-order chi connectivity index (χ0) is 20.7. The molecule has 2 aromatic carbocycles. The van der Waals surface area contributed by atoms with Gasteiger partial charge in [-0.1, -0.05) is 43.7 Å². The van der Waals surface area contributed by atoms with Crippen LogP contribution in [-0.2, 0) is 26.0 Å². The standard InChI is InChI=1S/C21H26N2O4S/c1-15(2)21(25)23-18-8-6-17(7-9-18)14-22-20(24)12-13-28(26,27)19-10-4-16(3)5-11-19/h4-11,15H,12-14H2,1-3H3,(H,22,24)(H,23,25). The molecule has 2 rings (SSSR count). The first kappa shape index (κ1) is 21.6. The average molecular weight is 403 g/mol. The van der Waals surface area contributed by atoms with Crippen molar-refractivity contribution in [2.45, 2.75) is 38.6 Å². The number of amides is 2. The molecule has 0 saturated carbocycles. The first-order valence-corrected chi connectivity index (χ1v) is 10.8. The van der Waals surface area contributed by atoms with Gasteiger partial charge in [-0.25, -0.2) is 8.42 Å². The van der Waals surface area contributed by atoms with Crippen LogP contribution < -0.4 is 10.6 Å². The third-order valence-electron chi connectivity index (χ3n) is 4.21. The Bertz CT molecular complexity index is 918. The van der Waals surface area contributed by atoms with Crippen molar-refractivity contribution in [3.63, 3.8) is 0 Å². The Balaban J connectivity index is 1.82. The lowest BCUT2D eigenvalue weighted by molar-refractivity contribution is -0.121. The van der Waals surface area contributed by atoms with Gasteiger partial charge < -0.3 is 10.6 Å². The van der Waals surface area contributed by atoms with Gasteiger partial charge in [0.2, 0.25) is 11.8 Å². The Morgan fingerprint density at radius 2 is 1.57 bits per heavy atom. The summed E-state index contributed by atoms with van der Waals surface area (Å²) in [5.41, 5.74) is 2.53. The van der Waals surface area contributed by atoms with Crippen molar-refractivity contribution in [1.29, 1.82) is 0 Å². The number of aryl methyl sites for hydroxylation is 1. The summed E-state index contributed by atoms with van der Waals surface area (Å²) in [5.74, 6) is -0.721. The molecule has 0 atom stereocenters. The quantitative estimate of drug-likeness (QED) is 0.710. The van der Waals surface area contributed by atoms with Crippen molar-refractivity contribution in [1.82, 2.24) is 5.32 Å². The minimum absolute atomic E-state index is 0.0594. The molecule has 0 aliphatic carbocycles. The average Bonchev–Trinajstić information content (AvgIpc) is 2.66. The van der Waals surface area contributed by atoms with Gasteiger partial charge in [0.1, 0.15) is 0 Å². The van der Waals surface area contributed by atoms with Gasteiger partial charge in [0.05, 0.1) is 10.6 Å². The zero-order valence-electron chi connectivity index (χ0n) is 16.4. The third-order valence-corrected chi connectivity index (χ3v) is 5.95. The molecule has 0 heterocycles. The molecule has 0 fully saturated rings. The molecule has 6 nitrogen and oxygen atoms in total. The van der Waals surface area contributed by atoms with Crippen LogP contribution in [0.3, 0.4) is 0 Å². The van der Waals surface area contributed by atoms with E-state index in [1.807, 2.05) is 20.8 Å². The smallest absolute Gasteiger partial charge is 0.226 e. The second-order valence-corrected chi connectivity index (χ2v) is 9.11. The number of hydrogen-bond donors (Lipinski definition) is 2. The zero-order valence-corrected chi connectivity index (χ0v) is 17.2. The molecule has 0 aromatic heterocycles. The lowest BCUT2D eigenvalue weighted by atomic mass is 10.1. The van der Waals surface area contributed by atoms with Crippen LogP contribution in [-0.4, -0.2) is 26.0 Å². The predicted octanol–water partition coefficient (Wildman–Crippen LogP) is 3.07. The van der Waals surface area contributed by atoms with Crippen LogP contribution in [0.5, 0.6) is 0 Å². The van der Waals surface area contributed by atoms with E-state index in [9.17, 15) is 18.0 Å². The molecule has 0 aliphatic heterocycles. The molecule has 7 heteroatoms. The number of benzene rings is 2. The number of carbonyl (C=O) groups is 2. The second-order valence-electron chi connectivity index (χ2n) is 7.00. The molecule has 0 saturated heterocycles. The SMILES string of the molecule is Cc1ccc(S(=O)(=O)CCC(=O)NCc2ccc(NC(=O)C(C)C)cc2)cc1. The Kier molecular flexibility index (Phi) is 7.34. The summed E-state index contributed by atoms with van der Waals surface area (Å²) in [7, 11) is -3.48. The maximum absolute atomic E-state index is 12.3. The topological polar surface area (TPSA) is 92.3 Å². The van der Waals surface area contributed by atoms with Crippen molar-refractivity contribution < 1.29 is 18.0 Å². The van der Waals surface area contributed by atoms with Crippen LogP contribution in [0.15, 0.2) is 53.4 Å². The van der Waals surface area contributed by atoms with Crippen LogP contribution in [0.2, 0.25) is 0 Å². The first-order chi connectivity index (χ1) is 13.2. The van der Waals surface area contributed by atoms with Gasteiger partial charge >= 0.3 is 0 Å². The number of rotatable bonds is 8. The summed E-state index contributed by atoms with van der Waals surface area (Å²) in [5, 5.41) is 5.52. The van der Waals surface area contributed by atoms with Crippen LogP contribution in [0, 0.1) is 12.8 Å². The van der Waals surface area contributed by atoms with Gasteiger partial charge in [0.25, 0.3) is 0 Å². The lowest BCUT2D eigenvalue weighted by Crippen LogP contribution is -2.25. The lowest BCUT2D eigenvalue weighted by Gasteiger charge is -2.09. The summed E-state index contributed by atoms with van der Waals surface area (Å²) in [6.45, 7) is 5.81. The van der Waals surface area contributed by atoms with E-state index in [0.29, 0.717) is 12.2 Å². The minimum Gasteiger partial charge on any atom is -0.352 e. The number of sulfone groups is 1. The Morgan fingerprint density at radius 1 is 0.964 bits per heavy atom. The van der Waals surface area contributed by atoms with Crippen LogP contribution in [0.4, 0.5) is 5.69 Å².